The summed E-state index contributed by atoms with van der Waals surface area (Å²) < 4.78 is 50.0. The minimum absolute atomic E-state index is 0. The van der Waals surface area contributed by atoms with Gasteiger partial charge in [0.2, 0.25) is 20.0 Å². The second-order valence-electron chi connectivity index (χ2n) is 4.33. The van der Waals surface area contributed by atoms with E-state index in [2.05, 4.69) is 10.0 Å². The smallest absolute Gasteiger partial charge is 0.215 e. The molecule has 1 fully saturated rings. The Morgan fingerprint density at radius 1 is 1.32 bits per heavy atom. The average Bonchev–Trinajstić information content (AvgIpc) is 2.28. The Hall–Kier alpha value is 0.0700. The zero-order valence-corrected chi connectivity index (χ0v) is 13.6. The molecule has 116 valence electrons. The van der Waals surface area contributed by atoms with E-state index >= 15 is 0 Å². The van der Waals surface area contributed by atoms with Crippen LogP contribution in [0.5, 0.6) is 0 Å². The first-order chi connectivity index (χ1) is 8.27. The maximum Gasteiger partial charge on any atom is 0.215 e. The van der Waals surface area contributed by atoms with Gasteiger partial charge in [0.05, 0.1) is 11.5 Å². The third-order valence-electron chi connectivity index (χ3n) is 2.79. The molecule has 1 rings (SSSR count). The van der Waals surface area contributed by atoms with E-state index in [1.807, 2.05) is 6.92 Å². The highest BCUT2D eigenvalue weighted by molar-refractivity contribution is 7.90. The van der Waals surface area contributed by atoms with Crippen LogP contribution in [0.25, 0.3) is 0 Å². The molecular formula is C9H22ClN3O4S2. The van der Waals surface area contributed by atoms with E-state index in [9.17, 15) is 16.8 Å². The average molecular weight is 336 g/mol. The van der Waals surface area contributed by atoms with E-state index in [4.69, 9.17) is 0 Å². The van der Waals surface area contributed by atoms with Crippen LogP contribution in [0.2, 0.25) is 0 Å². The number of halogens is 1. The molecule has 19 heavy (non-hydrogen) atoms. The maximum atomic E-state index is 12.0. The molecule has 10 heteroatoms. The van der Waals surface area contributed by atoms with E-state index in [1.54, 1.807) is 0 Å². The minimum Gasteiger partial charge on any atom is -0.312 e. The first kappa shape index (κ1) is 19.1. The zero-order valence-electron chi connectivity index (χ0n) is 11.1. The van der Waals surface area contributed by atoms with E-state index in [-0.39, 0.29) is 36.5 Å². The molecule has 7 nitrogen and oxygen atoms in total. The predicted molar refractivity (Wildman–Crippen MR) is 77.5 cm³/mol. The van der Waals surface area contributed by atoms with Crippen molar-refractivity contribution >= 4 is 32.5 Å². The lowest BCUT2D eigenvalue weighted by Crippen LogP contribution is -2.52. The molecule has 0 aliphatic carbocycles. The van der Waals surface area contributed by atoms with Crippen molar-refractivity contribution in [2.75, 3.05) is 37.7 Å². The van der Waals surface area contributed by atoms with Crippen LogP contribution < -0.4 is 10.0 Å². The molecule has 0 radical (unpaired) electrons. The van der Waals surface area contributed by atoms with Gasteiger partial charge in [-0.15, -0.1) is 12.4 Å². The molecule has 1 unspecified atom stereocenters. The topological polar surface area (TPSA) is 95.6 Å². The molecule has 1 heterocycles. The van der Waals surface area contributed by atoms with Crippen LogP contribution in [-0.4, -0.2) is 64.9 Å². The summed E-state index contributed by atoms with van der Waals surface area (Å²) in [4.78, 5) is 0. The van der Waals surface area contributed by atoms with Crippen LogP contribution in [0.1, 0.15) is 13.8 Å². The van der Waals surface area contributed by atoms with Gasteiger partial charge in [-0.05, 0) is 13.8 Å². The summed E-state index contributed by atoms with van der Waals surface area (Å²) in [5.74, 6) is -0.239. The Bertz CT molecular complexity index is 466. The molecule has 1 saturated heterocycles. The largest absolute Gasteiger partial charge is 0.312 e. The lowest BCUT2D eigenvalue weighted by atomic mass is 10.3. The SMILES string of the molecule is CCS(=O)(=O)NCCS(=O)(=O)N1CCNC(C)C1.Cl. The number of hydrogen-bond donors (Lipinski definition) is 2. The lowest BCUT2D eigenvalue weighted by Gasteiger charge is -2.31. The van der Waals surface area contributed by atoms with E-state index in [1.165, 1.54) is 11.2 Å². The van der Waals surface area contributed by atoms with Crippen molar-refractivity contribution in [3.05, 3.63) is 0 Å². The number of hydrogen-bond acceptors (Lipinski definition) is 5. The summed E-state index contributed by atoms with van der Waals surface area (Å²) >= 11 is 0. The van der Waals surface area contributed by atoms with Gasteiger partial charge in [-0.2, -0.15) is 4.31 Å². The quantitative estimate of drug-likeness (QED) is 0.647. The molecular weight excluding hydrogens is 314 g/mol. The van der Waals surface area contributed by atoms with Gasteiger partial charge in [0.25, 0.3) is 0 Å². The molecule has 0 saturated carbocycles. The molecule has 0 aromatic rings. The highest BCUT2D eigenvalue weighted by Gasteiger charge is 2.26. The van der Waals surface area contributed by atoms with E-state index in [0.29, 0.717) is 19.6 Å². The summed E-state index contributed by atoms with van der Waals surface area (Å²) in [5.41, 5.74) is 0. The first-order valence-corrected chi connectivity index (χ1v) is 9.21. The van der Waals surface area contributed by atoms with Crippen molar-refractivity contribution in [3.63, 3.8) is 0 Å². The Morgan fingerprint density at radius 2 is 1.95 bits per heavy atom. The lowest BCUT2D eigenvalue weighted by molar-refractivity contribution is 0.310. The Kier molecular flexibility index (Phi) is 7.78. The van der Waals surface area contributed by atoms with Crippen LogP contribution in [0.15, 0.2) is 0 Å². The van der Waals surface area contributed by atoms with Gasteiger partial charge in [-0.1, -0.05) is 0 Å². The third kappa shape index (κ3) is 6.37. The predicted octanol–water partition coefficient (Wildman–Crippen LogP) is -1.03. The van der Waals surface area contributed by atoms with Gasteiger partial charge in [0.1, 0.15) is 0 Å². The molecule has 1 atom stereocenters. The van der Waals surface area contributed by atoms with Crippen molar-refractivity contribution in [1.29, 1.82) is 0 Å². The summed E-state index contributed by atoms with van der Waals surface area (Å²) in [5, 5.41) is 3.16. The summed E-state index contributed by atoms with van der Waals surface area (Å²) in [6.45, 7) is 4.85. The molecule has 1 aliphatic rings. The monoisotopic (exact) mass is 335 g/mol. The van der Waals surface area contributed by atoms with Gasteiger partial charge < -0.3 is 5.32 Å². The minimum atomic E-state index is -3.38. The molecule has 0 aromatic carbocycles. The second-order valence-corrected chi connectivity index (χ2v) is 8.51. The molecule has 0 bridgehead atoms. The fraction of sp³-hybridized carbons (Fsp3) is 1.00. The van der Waals surface area contributed by atoms with Gasteiger partial charge in [-0.25, -0.2) is 21.6 Å². The van der Waals surface area contributed by atoms with Crippen molar-refractivity contribution in [1.82, 2.24) is 14.3 Å². The van der Waals surface area contributed by atoms with E-state index in [0.717, 1.165) is 0 Å². The van der Waals surface area contributed by atoms with Crippen molar-refractivity contribution in [2.24, 2.45) is 0 Å². The van der Waals surface area contributed by atoms with Gasteiger partial charge in [0.15, 0.2) is 0 Å². The highest BCUT2D eigenvalue weighted by atomic mass is 35.5. The van der Waals surface area contributed by atoms with Crippen molar-refractivity contribution in [2.45, 2.75) is 19.9 Å². The van der Waals surface area contributed by atoms with E-state index < -0.39 is 20.0 Å². The van der Waals surface area contributed by atoms with Gasteiger partial charge >= 0.3 is 0 Å². The Balaban J connectivity index is 0.00000324. The van der Waals surface area contributed by atoms with Gasteiger partial charge in [-0.3, -0.25) is 0 Å². The second kappa shape index (κ2) is 7.75. The normalized spacial score (nSPS) is 21.9. The number of piperazine rings is 1. The number of nitrogens with one attached hydrogen (secondary N) is 2. The highest BCUT2D eigenvalue weighted by Crippen LogP contribution is 2.06. The summed E-state index contributed by atoms with van der Waals surface area (Å²) in [6.07, 6.45) is 0. The number of sulfonamides is 2. The number of rotatable bonds is 6. The Morgan fingerprint density at radius 3 is 2.47 bits per heavy atom. The Labute approximate surface area is 121 Å². The van der Waals surface area contributed by atoms with Crippen molar-refractivity contribution < 1.29 is 16.8 Å². The summed E-state index contributed by atoms with van der Waals surface area (Å²) in [6, 6.07) is 0.126. The van der Waals surface area contributed by atoms with Crippen LogP contribution in [0.3, 0.4) is 0 Å². The third-order valence-corrected chi connectivity index (χ3v) is 6.03. The van der Waals surface area contributed by atoms with Crippen molar-refractivity contribution in [3.8, 4) is 0 Å². The van der Waals surface area contributed by atoms with Gasteiger partial charge in [0, 0.05) is 32.2 Å². The van der Waals surface area contributed by atoms with Crippen LogP contribution in [-0.2, 0) is 20.0 Å². The zero-order chi connectivity index (χ0) is 13.8. The maximum absolute atomic E-state index is 12.0. The molecule has 1 aliphatic heterocycles. The van der Waals surface area contributed by atoms with Crippen LogP contribution in [0.4, 0.5) is 0 Å². The molecule has 2 N–H and O–H groups in total. The standard InChI is InChI=1S/C9H21N3O4S2.ClH/c1-3-17(13,14)11-5-7-18(15,16)12-6-4-10-9(2)8-12;/h9-11H,3-8H2,1-2H3;1H. The number of nitrogens with zero attached hydrogens (tertiary/aromatic N) is 1. The van der Waals surface area contributed by atoms with Crippen LogP contribution >= 0.6 is 12.4 Å². The summed E-state index contributed by atoms with van der Waals surface area (Å²) in [7, 11) is -6.71. The fourth-order valence-electron chi connectivity index (χ4n) is 1.71. The fourth-order valence-corrected chi connectivity index (χ4v) is 3.89. The first-order valence-electron chi connectivity index (χ1n) is 5.95. The van der Waals surface area contributed by atoms with Crippen LogP contribution in [0, 0.1) is 0 Å². The molecule has 0 spiro atoms. The molecule has 0 amide bonds. The molecule has 0 aromatic heterocycles.